The zero-order chi connectivity index (χ0) is 18.8. The average molecular weight is 365 g/mol. The van der Waals surface area contributed by atoms with E-state index in [1.54, 1.807) is 0 Å². The Morgan fingerprint density at radius 2 is 2.08 bits per heavy atom. The van der Waals surface area contributed by atoms with Gasteiger partial charge >= 0.3 is 0 Å². The van der Waals surface area contributed by atoms with E-state index in [1.165, 1.54) is 25.7 Å². The highest BCUT2D eigenvalue weighted by Crippen LogP contribution is 2.30. The molecule has 6 heteroatoms. The predicted octanol–water partition coefficient (Wildman–Crippen LogP) is 3.84. The van der Waals surface area contributed by atoms with Gasteiger partial charge in [-0.1, -0.05) is 31.8 Å². The average Bonchev–Trinajstić information content (AvgIpc) is 3.30. The molecule has 2 rings (SSSR count). The number of nitrogens with one attached hydrogen (secondary N) is 2. The standard InChI is InChI=1S/C20H36N4O2/c1-5-21-20(23-14-17-13-18(15(3)4)24-26-17)22-12-11-19(25-6-2)16-9-7-8-10-16/h13,15-16,19H,5-12,14H2,1-4H3,(H2,21,22,23). The van der Waals surface area contributed by atoms with Crippen LogP contribution in [0.5, 0.6) is 0 Å². The first-order chi connectivity index (χ1) is 12.6. The highest BCUT2D eigenvalue weighted by atomic mass is 16.5. The first kappa shape index (κ1) is 20.7. The third-order valence-electron chi connectivity index (χ3n) is 4.93. The molecule has 26 heavy (non-hydrogen) atoms. The van der Waals surface area contributed by atoms with Gasteiger partial charge in [0.1, 0.15) is 6.54 Å². The van der Waals surface area contributed by atoms with E-state index in [1.807, 2.05) is 6.07 Å². The summed E-state index contributed by atoms with van der Waals surface area (Å²) in [6.07, 6.45) is 6.69. The maximum Gasteiger partial charge on any atom is 0.191 e. The van der Waals surface area contributed by atoms with Gasteiger partial charge in [0.05, 0.1) is 11.8 Å². The summed E-state index contributed by atoms with van der Waals surface area (Å²) in [6, 6.07) is 1.99. The summed E-state index contributed by atoms with van der Waals surface area (Å²) in [4.78, 5) is 4.62. The number of hydrogen-bond donors (Lipinski definition) is 2. The van der Waals surface area contributed by atoms with E-state index in [4.69, 9.17) is 9.26 Å². The SMILES string of the molecule is CCNC(=NCc1cc(C(C)C)no1)NCCC(OCC)C1CCCC1. The van der Waals surface area contributed by atoms with Crippen LogP contribution in [0.4, 0.5) is 0 Å². The van der Waals surface area contributed by atoms with E-state index in [9.17, 15) is 0 Å². The summed E-state index contributed by atoms with van der Waals surface area (Å²) in [6.45, 7) is 11.3. The first-order valence-electron chi connectivity index (χ1n) is 10.2. The summed E-state index contributed by atoms with van der Waals surface area (Å²) in [7, 11) is 0. The van der Waals surface area contributed by atoms with Crippen molar-refractivity contribution in [3.05, 3.63) is 17.5 Å². The van der Waals surface area contributed by atoms with Crippen LogP contribution in [0.2, 0.25) is 0 Å². The van der Waals surface area contributed by atoms with Crippen molar-refractivity contribution in [2.24, 2.45) is 10.9 Å². The molecular weight excluding hydrogens is 328 g/mol. The van der Waals surface area contributed by atoms with Gasteiger partial charge in [0.15, 0.2) is 11.7 Å². The highest BCUT2D eigenvalue weighted by Gasteiger charge is 2.25. The van der Waals surface area contributed by atoms with Crippen molar-refractivity contribution < 1.29 is 9.26 Å². The Morgan fingerprint density at radius 1 is 1.31 bits per heavy atom. The molecule has 0 aromatic carbocycles. The van der Waals surface area contributed by atoms with Crippen LogP contribution in [0.25, 0.3) is 0 Å². The molecule has 1 aliphatic rings. The van der Waals surface area contributed by atoms with Crippen molar-refractivity contribution in [3.63, 3.8) is 0 Å². The van der Waals surface area contributed by atoms with Crippen molar-refractivity contribution in [3.8, 4) is 0 Å². The smallest absolute Gasteiger partial charge is 0.191 e. The van der Waals surface area contributed by atoms with E-state index in [0.29, 0.717) is 18.6 Å². The number of ether oxygens (including phenoxy) is 1. The molecule has 0 radical (unpaired) electrons. The third-order valence-corrected chi connectivity index (χ3v) is 4.93. The van der Waals surface area contributed by atoms with Gasteiger partial charge < -0.3 is 19.9 Å². The molecule has 1 aromatic rings. The molecule has 1 fully saturated rings. The highest BCUT2D eigenvalue weighted by molar-refractivity contribution is 5.79. The summed E-state index contributed by atoms with van der Waals surface area (Å²) >= 11 is 0. The summed E-state index contributed by atoms with van der Waals surface area (Å²) < 4.78 is 11.4. The predicted molar refractivity (Wildman–Crippen MR) is 105 cm³/mol. The zero-order valence-electron chi connectivity index (χ0n) is 16.9. The minimum atomic E-state index is 0.362. The molecule has 1 aromatic heterocycles. The second kappa shape index (κ2) is 11.2. The van der Waals surface area contributed by atoms with Crippen LogP contribution in [0.15, 0.2) is 15.6 Å². The Labute approximate surface area is 158 Å². The monoisotopic (exact) mass is 364 g/mol. The maximum atomic E-state index is 6.00. The molecule has 0 aliphatic heterocycles. The summed E-state index contributed by atoms with van der Waals surface area (Å²) in [5.41, 5.74) is 0.976. The van der Waals surface area contributed by atoms with E-state index in [0.717, 1.165) is 49.4 Å². The number of nitrogens with zero attached hydrogens (tertiary/aromatic N) is 2. The first-order valence-corrected chi connectivity index (χ1v) is 10.2. The molecule has 1 unspecified atom stereocenters. The zero-order valence-corrected chi connectivity index (χ0v) is 16.9. The Kier molecular flexibility index (Phi) is 8.95. The molecule has 1 aliphatic carbocycles. The van der Waals surface area contributed by atoms with Gasteiger partial charge in [0, 0.05) is 25.8 Å². The fourth-order valence-electron chi connectivity index (χ4n) is 3.51. The normalized spacial score (nSPS) is 17.0. The second-order valence-electron chi connectivity index (χ2n) is 7.32. The fourth-order valence-corrected chi connectivity index (χ4v) is 3.51. The van der Waals surface area contributed by atoms with Gasteiger partial charge in [-0.25, -0.2) is 4.99 Å². The van der Waals surface area contributed by atoms with Gasteiger partial charge in [0.25, 0.3) is 0 Å². The molecule has 148 valence electrons. The quantitative estimate of drug-likeness (QED) is 0.487. The molecule has 0 saturated heterocycles. The molecule has 1 heterocycles. The number of aromatic nitrogens is 1. The van der Waals surface area contributed by atoms with Gasteiger partial charge in [-0.15, -0.1) is 0 Å². The van der Waals surface area contributed by atoms with Crippen LogP contribution in [0.1, 0.15) is 77.2 Å². The molecular formula is C20H36N4O2. The lowest BCUT2D eigenvalue weighted by atomic mass is 9.98. The van der Waals surface area contributed by atoms with E-state index < -0.39 is 0 Å². The van der Waals surface area contributed by atoms with Crippen molar-refractivity contribution in [2.45, 2.75) is 78.4 Å². The molecule has 2 N–H and O–H groups in total. The Morgan fingerprint density at radius 3 is 2.69 bits per heavy atom. The lowest BCUT2D eigenvalue weighted by Gasteiger charge is -2.24. The second-order valence-corrected chi connectivity index (χ2v) is 7.32. The van der Waals surface area contributed by atoms with Crippen LogP contribution in [-0.2, 0) is 11.3 Å². The molecule has 1 atom stereocenters. The van der Waals surface area contributed by atoms with Gasteiger partial charge in [-0.2, -0.15) is 0 Å². The molecule has 0 bridgehead atoms. The molecule has 6 nitrogen and oxygen atoms in total. The minimum absolute atomic E-state index is 0.362. The van der Waals surface area contributed by atoms with E-state index in [-0.39, 0.29) is 0 Å². The van der Waals surface area contributed by atoms with Crippen LogP contribution in [-0.4, -0.2) is 36.9 Å². The maximum absolute atomic E-state index is 6.00. The number of aliphatic imine (C=N–C) groups is 1. The van der Waals surface area contributed by atoms with Crippen molar-refractivity contribution in [2.75, 3.05) is 19.7 Å². The van der Waals surface area contributed by atoms with Gasteiger partial charge in [0.2, 0.25) is 0 Å². The van der Waals surface area contributed by atoms with Crippen LogP contribution in [0, 0.1) is 5.92 Å². The molecule has 0 amide bonds. The third kappa shape index (κ3) is 6.63. The lowest BCUT2D eigenvalue weighted by Crippen LogP contribution is -2.39. The van der Waals surface area contributed by atoms with Crippen molar-refractivity contribution in [1.29, 1.82) is 0 Å². The van der Waals surface area contributed by atoms with E-state index in [2.05, 4.69) is 48.5 Å². The van der Waals surface area contributed by atoms with Crippen LogP contribution < -0.4 is 10.6 Å². The number of hydrogen-bond acceptors (Lipinski definition) is 4. The van der Waals surface area contributed by atoms with Crippen LogP contribution in [0.3, 0.4) is 0 Å². The van der Waals surface area contributed by atoms with Crippen molar-refractivity contribution >= 4 is 5.96 Å². The van der Waals surface area contributed by atoms with Gasteiger partial charge in [-0.05, 0) is 44.9 Å². The topological polar surface area (TPSA) is 71.7 Å². The summed E-state index contributed by atoms with van der Waals surface area (Å²) in [5, 5.41) is 10.8. The Balaban J connectivity index is 1.83. The van der Waals surface area contributed by atoms with E-state index >= 15 is 0 Å². The number of rotatable bonds is 10. The lowest BCUT2D eigenvalue weighted by molar-refractivity contribution is 0.0169. The number of guanidine groups is 1. The largest absolute Gasteiger partial charge is 0.378 e. The minimum Gasteiger partial charge on any atom is -0.378 e. The summed E-state index contributed by atoms with van der Waals surface area (Å²) in [5.74, 6) is 2.70. The van der Waals surface area contributed by atoms with Crippen LogP contribution >= 0.6 is 0 Å². The Bertz CT molecular complexity index is 536. The molecule has 1 saturated carbocycles. The van der Waals surface area contributed by atoms with Gasteiger partial charge in [-0.3, -0.25) is 0 Å². The molecule has 0 spiro atoms. The fraction of sp³-hybridized carbons (Fsp3) is 0.800. The Hall–Kier alpha value is -1.56. The van der Waals surface area contributed by atoms with Crippen molar-refractivity contribution in [1.82, 2.24) is 15.8 Å².